The molecule has 0 saturated carbocycles. The van der Waals surface area contributed by atoms with Gasteiger partial charge in [-0.25, -0.2) is 9.78 Å². The fourth-order valence-electron chi connectivity index (χ4n) is 2.19. The fourth-order valence-corrected chi connectivity index (χ4v) is 3.02. The Morgan fingerprint density at radius 1 is 1.35 bits per heavy atom. The quantitative estimate of drug-likeness (QED) is 0.195. The highest BCUT2D eigenvalue weighted by atomic mass is 32.2. The molecule has 0 saturated heterocycles. The van der Waals surface area contributed by atoms with E-state index in [1.54, 1.807) is 0 Å². The number of non-ortho nitro benzene ring substituents is 1. The minimum atomic E-state index is -0.575. The number of rotatable bonds is 5. The number of hydrogen-bond donors (Lipinski definition) is 3. The van der Waals surface area contributed by atoms with Gasteiger partial charge in [-0.1, -0.05) is 16.9 Å². The van der Waals surface area contributed by atoms with E-state index in [0.717, 1.165) is 16.3 Å². The van der Waals surface area contributed by atoms with Crippen molar-refractivity contribution in [2.24, 2.45) is 12.2 Å². The lowest BCUT2D eigenvalue weighted by molar-refractivity contribution is -0.384. The lowest BCUT2D eigenvalue weighted by atomic mass is 10.1. The number of nitrogens with one attached hydrogen (secondary N) is 2. The highest BCUT2D eigenvalue weighted by Gasteiger charge is 2.13. The maximum absolute atomic E-state index is 12.0. The number of aromatic amines is 2. The summed E-state index contributed by atoms with van der Waals surface area (Å²) >= 11 is 1.14. The van der Waals surface area contributed by atoms with Crippen molar-refractivity contribution in [2.45, 2.75) is 5.16 Å². The third-order valence-corrected chi connectivity index (χ3v) is 4.49. The van der Waals surface area contributed by atoms with Crippen LogP contribution in [0.3, 0.4) is 0 Å². The molecule has 134 valence electrons. The molecular weight excluding hydrogens is 364 g/mol. The normalized spacial score (nSPS) is 11.8. The standard InChI is InChI=1S/C14H12N6O5S/c1-19-12(21)10-11(17-14(19)22)16-13(15-10)26-6-9(18-23)7-2-4-8(5-3-7)20(24)25/h2-5,23H,6H2,1H3,(H,15,16)(H,17,22)/b18-9-. The van der Waals surface area contributed by atoms with Crippen LogP contribution in [0.25, 0.3) is 11.2 Å². The summed E-state index contributed by atoms with van der Waals surface area (Å²) in [5.41, 5.74) is -0.0806. The highest BCUT2D eigenvalue weighted by Crippen LogP contribution is 2.19. The predicted octanol–water partition coefficient (Wildman–Crippen LogP) is 0.829. The van der Waals surface area contributed by atoms with Gasteiger partial charge in [-0.05, 0) is 12.1 Å². The molecule has 3 aromatic rings. The van der Waals surface area contributed by atoms with E-state index in [1.807, 2.05) is 0 Å². The number of oxime groups is 1. The molecule has 3 rings (SSSR count). The molecule has 3 N–H and O–H groups in total. The number of nitro benzene ring substituents is 1. The van der Waals surface area contributed by atoms with E-state index in [4.69, 9.17) is 0 Å². The molecule has 0 atom stereocenters. The molecule has 2 aromatic heterocycles. The summed E-state index contributed by atoms with van der Waals surface area (Å²) in [6, 6.07) is 5.56. The summed E-state index contributed by atoms with van der Waals surface area (Å²) in [7, 11) is 1.35. The number of imidazole rings is 1. The number of benzene rings is 1. The number of nitrogens with zero attached hydrogens (tertiary/aromatic N) is 4. The van der Waals surface area contributed by atoms with E-state index in [9.17, 15) is 24.9 Å². The van der Waals surface area contributed by atoms with Gasteiger partial charge in [0.15, 0.2) is 16.3 Å². The largest absolute Gasteiger partial charge is 0.411 e. The Morgan fingerprint density at radius 2 is 2.04 bits per heavy atom. The molecule has 2 heterocycles. The molecule has 0 radical (unpaired) electrons. The zero-order valence-electron chi connectivity index (χ0n) is 13.3. The maximum atomic E-state index is 12.0. The summed E-state index contributed by atoms with van der Waals surface area (Å²) in [5, 5.41) is 23.4. The van der Waals surface area contributed by atoms with Gasteiger partial charge in [-0.15, -0.1) is 0 Å². The van der Waals surface area contributed by atoms with Crippen LogP contribution >= 0.6 is 11.8 Å². The van der Waals surface area contributed by atoms with Crippen molar-refractivity contribution in [3.8, 4) is 0 Å². The molecule has 0 aliphatic heterocycles. The van der Waals surface area contributed by atoms with Crippen LogP contribution in [-0.4, -0.2) is 41.1 Å². The Bertz CT molecular complexity index is 1130. The third-order valence-electron chi connectivity index (χ3n) is 3.61. The second kappa shape index (κ2) is 6.84. The Morgan fingerprint density at radius 3 is 2.65 bits per heavy atom. The second-order valence-electron chi connectivity index (χ2n) is 5.20. The number of fused-ring (bicyclic) bond motifs is 1. The molecule has 0 fully saturated rings. The van der Waals surface area contributed by atoms with Gasteiger partial charge in [-0.2, -0.15) is 0 Å². The first-order valence-corrected chi connectivity index (χ1v) is 8.17. The van der Waals surface area contributed by atoms with Crippen molar-refractivity contribution in [1.82, 2.24) is 19.5 Å². The number of thioether (sulfide) groups is 1. The van der Waals surface area contributed by atoms with Gasteiger partial charge in [0.1, 0.15) is 0 Å². The lowest BCUT2D eigenvalue weighted by Crippen LogP contribution is -2.32. The first-order valence-electron chi connectivity index (χ1n) is 7.18. The van der Waals surface area contributed by atoms with Gasteiger partial charge in [-0.3, -0.25) is 24.5 Å². The molecular formula is C14H12N6O5S. The van der Waals surface area contributed by atoms with Crippen LogP contribution in [0.2, 0.25) is 0 Å². The Kier molecular flexibility index (Phi) is 4.58. The van der Waals surface area contributed by atoms with E-state index >= 15 is 0 Å². The average molecular weight is 376 g/mol. The van der Waals surface area contributed by atoms with Gasteiger partial charge < -0.3 is 10.2 Å². The van der Waals surface area contributed by atoms with E-state index in [2.05, 4.69) is 20.1 Å². The van der Waals surface area contributed by atoms with Crippen molar-refractivity contribution in [1.29, 1.82) is 0 Å². The maximum Gasteiger partial charge on any atom is 0.329 e. The fraction of sp³-hybridized carbons (Fsp3) is 0.143. The van der Waals surface area contributed by atoms with E-state index in [1.165, 1.54) is 31.3 Å². The molecule has 0 aliphatic carbocycles. The van der Waals surface area contributed by atoms with E-state index in [0.29, 0.717) is 10.7 Å². The smallest absolute Gasteiger partial charge is 0.329 e. The van der Waals surface area contributed by atoms with Crippen LogP contribution in [0.1, 0.15) is 5.56 Å². The molecule has 0 amide bonds. The van der Waals surface area contributed by atoms with Crippen molar-refractivity contribution in [3.05, 3.63) is 60.8 Å². The van der Waals surface area contributed by atoms with Crippen molar-refractivity contribution in [2.75, 3.05) is 5.75 Å². The summed E-state index contributed by atoms with van der Waals surface area (Å²) in [6.07, 6.45) is 0. The van der Waals surface area contributed by atoms with Crippen LogP contribution in [-0.2, 0) is 7.05 Å². The second-order valence-corrected chi connectivity index (χ2v) is 6.16. The monoisotopic (exact) mass is 376 g/mol. The zero-order valence-corrected chi connectivity index (χ0v) is 14.1. The van der Waals surface area contributed by atoms with Crippen LogP contribution in [0.5, 0.6) is 0 Å². The predicted molar refractivity (Wildman–Crippen MR) is 94.1 cm³/mol. The first kappa shape index (κ1) is 17.4. The van der Waals surface area contributed by atoms with Gasteiger partial charge >= 0.3 is 5.69 Å². The topological polar surface area (TPSA) is 159 Å². The van der Waals surface area contributed by atoms with Gasteiger partial charge in [0.05, 0.1) is 10.6 Å². The molecule has 0 aliphatic rings. The van der Waals surface area contributed by atoms with Crippen LogP contribution in [0.4, 0.5) is 5.69 Å². The van der Waals surface area contributed by atoms with Crippen molar-refractivity contribution < 1.29 is 10.1 Å². The molecule has 0 bridgehead atoms. The van der Waals surface area contributed by atoms with Gasteiger partial charge in [0, 0.05) is 30.5 Å². The third kappa shape index (κ3) is 3.21. The molecule has 11 nitrogen and oxygen atoms in total. The number of hydrogen-bond acceptors (Lipinski definition) is 8. The van der Waals surface area contributed by atoms with E-state index in [-0.39, 0.29) is 28.3 Å². The summed E-state index contributed by atoms with van der Waals surface area (Å²) in [5.74, 6) is 0.179. The van der Waals surface area contributed by atoms with Crippen LogP contribution < -0.4 is 11.2 Å². The molecule has 12 heteroatoms. The Hall–Kier alpha value is -3.41. The number of H-pyrrole nitrogens is 2. The first-order chi connectivity index (χ1) is 12.4. The SMILES string of the molecule is Cn1c(=O)[nH]c2nc(SC/C(=N/O)c3ccc([N+](=O)[O-])cc3)[nH]c2c1=O. The Labute approximate surface area is 148 Å². The minimum absolute atomic E-state index is 0.0734. The molecule has 26 heavy (non-hydrogen) atoms. The minimum Gasteiger partial charge on any atom is -0.411 e. The van der Waals surface area contributed by atoms with E-state index < -0.39 is 16.2 Å². The summed E-state index contributed by atoms with van der Waals surface area (Å²) in [4.78, 5) is 43.2. The number of nitro groups is 1. The number of aromatic nitrogens is 4. The lowest BCUT2D eigenvalue weighted by Gasteiger charge is -2.03. The highest BCUT2D eigenvalue weighted by molar-refractivity contribution is 7.99. The zero-order chi connectivity index (χ0) is 18.8. The molecule has 0 unspecified atom stereocenters. The van der Waals surface area contributed by atoms with Gasteiger partial charge in [0.2, 0.25) is 0 Å². The van der Waals surface area contributed by atoms with Crippen molar-refractivity contribution >= 4 is 34.3 Å². The van der Waals surface area contributed by atoms with Crippen LogP contribution in [0, 0.1) is 10.1 Å². The molecule has 0 spiro atoms. The average Bonchev–Trinajstić information content (AvgIpc) is 3.03. The van der Waals surface area contributed by atoms with Gasteiger partial charge in [0.25, 0.3) is 11.2 Å². The van der Waals surface area contributed by atoms with Crippen molar-refractivity contribution in [3.63, 3.8) is 0 Å². The molecule has 1 aromatic carbocycles. The Balaban J connectivity index is 1.82. The summed E-state index contributed by atoms with van der Waals surface area (Å²) in [6.45, 7) is 0. The summed E-state index contributed by atoms with van der Waals surface area (Å²) < 4.78 is 0.923. The van der Waals surface area contributed by atoms with Crippen LogP contribution in [0.15, 0.2) is 44.2 Å².